The maximum absolute atomic E-state index is 14.5. The fraction of sp³-hybridized carbons (Fsp3) is 0.111. The molecule has 0 radical (unpaired) electrons. The summed E-state index contributed by atoms with van der Waals surface area (Å²) >= 11 is 0. The summed E-state index contributed by atoms with van der Waals surface area (Å²) in [6.45, 7) is 1.65. The SMILES string of the molecule is O=C(O)c1c2c(nc3ccccc13)/C(=C\c1ccccc1F)CN(Cc1ccccc1)C2. The molecular formula is C27H21FN2O2. The molecule has 0 unspecified atom stereocenters. The van der Waals surface area contributed by atoms with Crippen LogP contribution in [0.3, 0.4) is 0 Å². The zero-order valence-corrected chi connectivity index (χ0v) is 17.3. The largest absolute Gasteiger partial charge is 0.478 e. The van der Waals surface area contributed by atoms with E-state index in [1.54, 1.807) is 30.3 Å². The van der Waals surface area contributed by atoms with Crippen LogP contribution in [0.1, 0.15) is 32.7 Å². The summed E-state index contributed by atoms with van der Waals surface area (Å²) in [5.41, 5.74) is 4.59. The second kappa shape index (κ2) is 8.36. The van der Waals surface area contributed by atoms with E-state index in [1.165, 1.54) is 6.07 Å². The molecule has 0 fully saturated rings. The Morgan fingerprint density at radius 3 is 2.47 bits per heavy atom. The van der Waals surface area contributed by atoms with Gasteiger partial charge in [0.05, 0.1) is 16.8 Å². The fourth-order valence-corrected chi connectivity index (χ4v) is 4.36. The van der Waals surface area contributed by atoms with Crippen molar-refractivity contribution in [1.82, 2.24) is 9.88 Å². The van der Waals surface area contributed by atoms with Gasteiger partial charge in [0.2, 0.25) is 0 Å². The summed E-state index contributed by atoms with van der Waals surface area (Å²) in [6.07, 6.45) is 1.79. The number of fused-ring (bicyclic) bond motifs is 2. The second-order valence-corrected chi connectivity index (χ2v) is 7.96. The van der Waals surface area contributed by atoms with Crippen molar-refractivity contribution in [3.8, 4) is 0 Å². The van der Waals surface area contributed by atoms with Crippen molar-refractivity contribution in [1.29, 1.82) is 0 Å². The number of carboxylic acids is 1. The number of benzene rings is 3. The van der Waals surface area contributed by atoms with E-state index in [1.807, 2.05) is 48.5 Å². The lowest BCUT2D eigenvalue weighted by Crippen LogP contribution is -2.31. The predicted octanol–water partition coefficient (Wildman–Crippen LogP) is 5.63. The average Bonchev–Trinajstić information content (AvgIpc) is 2.80. The molecule has 32 heavy (non-hydrogen) atoms. The first kappa shape index (κ1) is 20.1. The maximum atomic E-state index is 14.5. The van der Waals surface area contributed by atoms with Gasteiger partial charge in [-0.05, 0) is 29.3 Å². The number of rotatable bonds is 4. The first-order valence-electron chi connectivity index (χ1n) is 10.5. The predicted molar refractivity (Wildman–Crippen MR) is 124 cm³/mol. The van der Waals surface area contributed by atoms with Crippen molar-refractivity contribution in [2.75, 3.05) is 6.54 Å². The minimum atomic E-state index is -0.980. The molecule has 5 rings (SSSR count). The first-order valence-corrected chi connectivity index (χ1v) is 10.5. The molecule has 5 heteroatoms. The lowest BCUT2D eigenvalue weighted by atomic mass is 9.91. The summed E-state index contributed by atoms with van der Waals surface area (Å²) in [5, 5.41) is 10.7. The molecule has 0 amide bonds. The van der Waals surface area contributed by atoms with Crippen LogP contribution in [-0.4, -0.2) is 27.5 Å². The van der Waals surface area contributed by atoms with Gasteiger partial charge in [0.1, 0.15) is 5.82 Å². The monoisotopic (exact) mass is 424 g/mol. The first-order chi connectivity index (χ1) is 15.6. The van der Waals surface area contributed by atoms with E-state index in [2.05, 4.69) is 4.90 Å². The lowest BCUT2D eigenvalue weighted by molar-refractivity contribution is 0.0696. The average molecular weight is 424 g/mol. The van der Waals surface area contributed by atoms with Crippen molar-refractivity contribution in [2.24, 2.45) is 0 Å². The zero-order valence-electron chi connectivity index (χ0n) is 17.3. The van der Waals surface area contributed by atoms with Gasteiger partial charge >= 0.3 is 5.97 Å². The molecule has 0 spiro atoms. The van der Waals surface area contributed by atoms with Crippen molar-refractivity contribution in [2.45, 2.75) is 13.1 Å². The van der Waals surface area contributed by atoms with Gasteiger partial charge in [0.15, 0.2) is 0 Å². The Bertz CT molecular complexity index is 1350. The highest BCUT2D eigenvalue weighted by Crippen LogP contribution is 2.34. The highest BCUT2D eigenvalue weighted by Gasteiger charge is 2.28. The molecule has 4 aromatic rings. The Balaban J connectivity index is 1.70. The maximum Gasteiger partial charge on any atom is 0.336 e. The van der Waals surface area contributed by atoms with E-state index >= 15 is 0 Å². The molecule has 1 aromatic heterocycles. The van der Waals surface area contributed by atoms with Crippen LogP contribution in [0.15, 0.2) is 78.9 Å². The topological polar surface area (TPSA) is 53.4 Å². The molecule has 0 saturated heterocycles. The van der Waals surface area contributed by atoms with E-state index in [4.69, 9.17) is 4.98 Å². The minimum absolute atomic E-state index is 0.266. The number of pyridine rings is 1. The third kappa shape index (κ3) is 3.79. The molecule has 0 atom stereocenters. The van der Waals surface area contributed by atoms with Crippen LogP contribution in [0, 0.1) is 5.82 Å². The Hall–Kier alpha value is -3.83. The molecule has 0 aliphatic carbocycles. The highest BCUT2D eigenvalue weighted by atomic mass is 19.1. The van der Waals surface area contributed by atoms with Crippen LogP contribution in [0.25, 0.3) is 22.6 Å². The number of hydrogen-bond donors (Lipinski definition) is 1. The zero-order chi connectivity index (χ0) is 22.1. The van der Waals surface area contributed by atoms with E-state index in [9.17, 15) is 14.3 Å². The van der Waals surface area contributed by atoms with Crippen LogP contribution in [0.2, 0.25) is 0 Å². The summed E-state index contributed by atoms with van der Waals surface area (Å²) in [5.74, 6) is -1.30. The molecule has 2 heterocycles. The minimum Gasteiger partial charge on any atom is -0.478 e. The van der Waals surface area contributed by atoms with Gasteiger partial charge in [-0.1, -0.05) is 66.7 Å². The summed E-state index contributed by atoms with van der Waals surface area (Å²) in [7, 11) is 0. The van der Waals surface area contributed by atoms with E-state index < -0.39 is 5.97 Å². The second-order valence-electron chi connectivity index (χ2n) is 7.96. The Labute approximate surface area is 185 Å². The van der Waals surface area contributed by atoms with Crippen LogP contribution in [0.5, 0.6) is 0 Å². The van der Waals surface area contributed by atoms with Gasteiger partial charge < -0.3 is 5.11 Å². The van der Waals surface area contributed by atoms with Crippen LogP contribution >= 0.6 is 0 Å². The van der Waals surface area contributed by atoms with Crippen molar-refractivity contribution in [3.05, 3.63) is 113 Å². The van der Waals surface area contributed by atoms with E-state index in [-0.39, 0.29) is 11.4 Å². The quantitative estimate of drug-likeness (QED) is 0.461. The Morgan fingerprint density at radius 2 is 1.69 bits per heavy atom. The molecule has 0 saturated carbocycles. The van der Waals surface area contributed by atoms with Gasteiger partial charge in [-0.3, -0.25) is 4.90 Å². The van der Waals surface area contributed by atoms with Crippen molar-refractivity contribution in [3.63, 3.8) is 0 Å². The van der Waals surface area contributed by atoms with Crippen molar-refractivity contribution < 1.29 is 14.3 Å². The summed E-state index contributed by atoms with van der Waals surface area (Å²) < 4.78 is 14.5. The van der Waals surface area contributed by atoms with E-state index in [0.29, 0.717) is 47.4 Å². The van der Waals surface area contributed by atoms with Crippen LogP contribution in [-0.2, 0) is 13.1 Å². The number of carboxylic acid groups (broad SMARTS) is 1. The smallest absolute Gasteiger partial charge is 0.336 e. The Kier molecular flexibility index (Phi) is 5.25. The third-order valence-electron chi connectivity index (χ3n) is 5.77. The number of para-hydroxylation sites is 1. The van der Waals surface area contributed by atoms with Crippen molar-refractivity contribution >= 4 is 28.5 Å². The molecule has 1 aliphatic rings. The van der Waals surface area contributed by atoms with Gasteiger partial charge in [0.25, 0.3) is 0 Å². The molecule has 1 aliphatic heterocycles. The number of nitrogens with zero attached hydrogens (tertiary/aromatic N) is 2. The van der Waals surface area contributed by atoms with E-state index in [0.717, 1.165) is 11.1 Å². The number of aromatic carboxylic acids is 1. The number of aromatic nitrogens is 1. The summed E-state index contributed by atoms with van der Waals surface area (Å²) in [4.78, 5) is 19.3. The number of halogens is 1. The lowest BCUT2D eigenvalue weighted by Gasteiger charge is -2.31. The van der Waals surface area contributed by atoms with Crippen LogP contribution in [0.4, 0.5) is 4.39 Å². The molecule has 0 bridgehead atoms. The molecule has 4 nitrogen and oxygen atoms in total. The molecule has 1 N–H and O–H groups in total. The highest BCUT2D eigenvalue weighted by molar-refractivity contribution is 6.06. The molecule has 158 valence electrons. The third-order valence-corrected chi connectivity index (χ3v) is 5.77. The standard InChI is InChI=1S/C27H21FN2O2/c28-23-12-6-4-10-19(23)14-20-16-30(15-18-8-2-1-3-9-18)17-22-25(27(31)32)21-11-5-7-13-24(21)29-26(20)22/h1-14H,15-17H2,(H,31,32)/b20-14-. The van der Waals surface area contributed by atoms with Gasteiger partial charge in [0, 0.05) is 36.1 Å². The number of hydrogen-bond acceptors (Lipinski definition) is 3. The number of carbonyl (C=O) groups is 1. The summed E-state index contributed by atoms with van der Waals surface area (Å²) in [6, 6.07) is 23.9. The molecule has 3 aromatic carbocycles. The Morgan fingerprint density at radius 1 is 0.969 bits per heavy atom. The molecular weight excluding hydrogens is 403 g/mol. The fourth-order valence-electron chi connectivity index (χ4n) is 4.36. The van der Waals surface area contributed by atoms with Gasteiger partial charge in [-0.15, -0.1) is 0 Å². The normalized spacial score (nSPS) is 15.1. The van der Waals surface area contributed by atoms with Crippen LogP contribution < -0.4 is 0 Å². The van der Waals surface area contributed by atoms with Gasteiger partial charge in [-0.25, -0.2) is 14.2 Å². The van der Waals surface area contributed by atoms with Gasteiger partial charge in [-0.2, -0.15) is 0 Å².